The van der Waals surface area contributed by atoms with Gasteiger partial charge >= 0.3 is 0 Å². The van der Waals surface area contributed by atoms with Crippen molar-refractivity contribution < 1.29 is 19.3 Å². The van der Waals surface area contributed by atoms with Gasteiger partial charge in [-0.25, -0.2) is 4.98 Å². The summed E-state index contributed by atoms with van der Waals surface area (Å²) in [4.78, 5) is 10.3. The van der Waals surface area contributed by atoms with Crippen LogP contribution in [0.15, 0.2) is 47.6 Å². The number of aliphatic hydroxyl groups excluding tert-OH is 1. The average Bonchev–Trinajstić information content (AvgIpc) is 2.82. The zero-order valence-corrected chi connectivity index (χ0v) is 17.7. The van der Waals surface area contributed by atoms with E-state index < -0.39 is 6.35 Å². The minimum Gasteiger partial charge on any atom is -0.478 e. The summed E-state index contributed by atoms with van der Waals surface area (Å²) in [6.45, 7) is 1.91. The number of nitrogens with one attached hydrogen (secondary N) is 1. The summed E-state index contributed by atoms with van der Waals surface area (Å²) >= 11 is 0. The number of aromatic nitrogens is 1. The summed E-state index contributed by atoms with van der Waals surface area (Å²) in [5.41, 5.74) is 4.14. The molecule has 5 rings (SSSR count). The number of aliphatic imine (C=N–C) groups is 1. The van der Waals surface area contributed by atoms with Gasteiger partial charge in [0.1, 0.15) is 13.2 Å². The quantitative estimate of drug-likeness (QED) is 0.709. The van der Waals surface area contributed by atoms with Crippen molar-refractivity contribution in [3.05, 3.63) is 59.3 Å². The van der Waals surface area contributed by atoms with E-state index in [-0.39, 0.29) is 12.7 Å². The number of aliphatic hydroxyl groups is 1. The van der Waals surface area contributed by atoms with Crippen LogP contribution >= 0.6 is 0 Å². The topological polar surface area (TPSA) is 88.4 Å². The van der Waals surface area contributed by atoms with Crippen LogP contribution in [0.25, 0.3) is 5.70 Å². The van der Waals surface area contributed by atoms with E-state index in [1.807, 2.05) is 36.2 Å². The van der Waals surface area contributed by atoms with Crippen LogP contribution < -0.4 is 14.8 Å². The number of pyridine rings is 1. The highest BCUT2D eigenvalue weighted by atomic mass is 16.6. The Balaban J connectivity index is 1.31. The van der Waals surface area contributed by atoms with E-state index in [9.17, 15) is 5.11 Å². The molecule has 3 aliphatic rings. The van der Waals surface area contributed by atoms with Gasteiger partial charge in [0.05, 0.1) is 12.2 Å². The van der Waals surface area contributed by atoms with E-state index in [0.717, 1.165) is 23.2 Å². The van der Waals surface area contributed by atoms with Gasteiger partial charge in [-0.15, -0.1) is 0 Å². The molecule has 0 saturated heterocycles. The van der Waals surface area contributed by atoms with Crippen LogP contribution in [0.5, 0.6) is 11.6 Å². The lowest BCUT2D eigenvalue weighted by atomic mass is 9.94. The Labute approximate surface area is 186 Å². The van der Waals surface area contributed by atoms with Gasteiger partial charge in [-0.3, -0.25) is 0 Å². The average molecular weight is 432 g/mol. The Morgan fingerprint density at radius 3 is 3.19 bits per heavy atom. The minimum absolute atomic E-state index is 0.247. The Morgan fingerprint density at radius 1 is 1.34 bits per heavy atom. The van der Waals surface area contributed by atoms with E-state index >= 15 is 0 Å². The fourth-order valence-corrected chi connectivity index (χ4v) is 3.92. The van der Waals surface area contributed by atoms with Gasteiger partial charge in [0.25, 0.3) is 5.88 Å². The molecule has 0 saturated carbocycles. The van der Waals surface area contributed by atoms with E-state index in [2.05, 4.69) is 33.2 Å². The third-order valence-electron chi connectivity index (χ3n) is 5.45. The van der Waals surface area contributed by atoms with Gasteiger partial charge in [-0.2, -0.15) is 4.99 Å². The molecular weight excluding hydrogens is 408 g/mol. The monoisotopic (exact) mass is 432 g/mol. The molecule has 0 aliphatic carbocycles. The van der Waals surface area contributed by atoms with E-state index in [4.69, 9.17) is 14.2 Å². The summed E-state index contributed by atoms with van der Waals surface area (Å²) in [5.74, 6) is 7.72. The highest BCUT2D eigenvalue weighted by Crippen LogP contribution is 2.33. The van der Waals surface area contributed by atoms with Crippen LogP contribution in [0.1, 0.15) is 16.7 Å². The summed E-state index contributed by atoms with van der Waals surface area (Å²) in [5, 5.41) is 13.6. The van der Waals surface area contributed by atoms with Gasteiger partial charge in [-0.05, 0) is 43.3 Å². The largest absolute Gasteiger partial charge is 0.478 e. The molecule has 2 aromatic rings. The molecule has 0 spiro atoms. The van der Waals surface area contributed by atoms with Crippen LogP contribution in [-0.4, -0.2) is 66.7 Å². The molecule has 1 aromatic carbocycles. The molecule has 164 valence electrons. The first-order chi connectivity index (χ1) is 15.7. The molecule has 2 atom stereocenters. The SMILES string of the molecule is CNCC#Cc1ccc2c(c1)CCN1C2=CC(OCC2COc3ncccc3O2)=NC1O. The maximum Gasteiger partial charge on any atom is 0.257 e. The second-order valence-electron chi connectivity index (χ2n) is 7.66. The molecule has 3 aliphatic heterocycles. The molecule has 32 heavy (non-hydrogen) atoms. The number of hydrogen-bond acceptors (Lipinski definition) is 8. The van der Waals surface area contributed by atoms with E-state index in [1.165, 1.54) is 5.56 Å². The van der Waals surface area contributed by atoms with Crippen LogP contribution in [-0.2, 0) is 11.2 Å². The molecule has 0 bridgehead atoms. The number of nitrogens with zero attached hydrogens (tertiary/aromatic N) is 3. The van der Waals surface area contributed by atoms with Gasteiger partial charge < -0.3 is 29.5 Å². The first-order valence-electron chi connectivity index (χ1n) is 10.6. The van der Waals surface area contributed by atoms with E-state index in [1.54, 1.807) is 12.3 Å². The van der Waals surface area contributed by atoms with Gasteiger partial charge in [0.2, 0.25) is 12.2 Å². The Bertz CT molecular complexity index is 1130. The molecule has 1 aromatic heterocycles. The third-order valence-corrected chi connectivity index (χ3v) is 5.45. The lowest BCUT2D eigenvalue weighted by molar-refractivity contribution is 0.0348. The van der Waals surface area contributed by atoms with Gasteiger partial charge in [0, 0.05) is 29.9 Å². The normalized spacial score (nSPS) is 20.8. The third kappa shape index (κ3) is 4.13. The second-order valence-corrected chi connectivity index (χ2v) is 7.66. The summed E-state index contributed by atoms with van der Waals surface area (Å²) in [6.07, 6.45) is 3.07. The molecule has 4 heterocycles. The zero-order valence-electron chi connectivity index (χ0n) is 17.7. The summed E-state index contributed by atoms with van der Waals surface area (Å²) < 4.78 is 17.4. The Hall–Kier alpha value is -3.54. The molecule has 0 radical (unpaired) electrons. The number of ether oxygens (including phenoxy) is 3. The lowest BCUT2D eigenvalue weighted by Crippen LogP contribution is -2.41. The van der Waals surface area contributed by atoms with Crippen molar-refractivity contribution >= 4 is 11.6 Å². The zero-order chi connectivity index (χ0) is 21.9. The van der Waals surface area contributed by atoms with Crippen LogP contribution in [0, 0.1) is 11.8 Å². The first kappa shape index (κ1) is 20.4. The minimum atomic E-state index is -0.985. The molecular formula is C24H24N4O4. The predicted octanol–water partition coefficient (Wildman–Crippen LogP) is 1.40. The smallest absolute Gasteiger partial charge is 0.257 e. The van der Waals surface area contributed by atoms with Crippen LogP contribution in [0.3, 0.4) is 0 Å². The predicted molar refractivity (Wildman–Crippen MR) is 119 cm³/mol. The Morgan fingerprint density at radius 2 is 2.28 bits per heavy atom. The fraction of sp³-hybridized carbons (Fsp3) is 0.333. The number of hydrogen-bond donors (Lipinski definition) is 2. The molecule has 2 unspecified atom stereocenters. The van der Waals surface area contributed by atoms with Crippen molar-refractivity contribution in [3.63, 3.8) is 0 Å². The molecule has 8 nitrogen and oxygen atoms in total. The van der Waals surface area contributed by atoms with Gasteiger partial charge in [-0.1, -0.05) is 17.9 Å². The van der Waals surface area contributed by atoms with Crippen LogP contribution in [0.4, 0.5) is 0 Å². The fourth-order valence-electron chi connectivity index (χ4n) is 3.92. The molecule has 8 heteroatoms. The highest BCUT2D eigenvalue weighted by molar-refractivity contribution is 5.97. The van der Waals surface area contributed by atoms with Gasteiger partial charge in [0.15, 0.2) is 11.9 Å². The molecule has 0 amide bonds. The summed E-state index contributed by atoms with van der Waals surface area (Å²) in [7, 11) is 1.88. The lowest BCUT2D eigenvalue weighted by Gasteiger charge is -2.37. The first-order valence-corrected chi connectivity index (χ1v) is 10.6. The number of benzene rings is 1. The summed E-state index contributed by atoms with van der Waals surface area (Å²) in [6, 6.07) is 9.78. The standard InChI is InChI=1S/C24H24N4O4/c1-25-9-2-4-16-6-7-19-17(12-16)8-11-28-20(19)13-22(27-24(28)29)30-14-18-15-31-23-21(32-18)5-3-10-26-23/h3,5-7,10,12-13,18,24-25,29H,8-9,11,14-15H2,1H3. The maximum absolute atomic E-state index is 10.6. The number of fused-ring (bicyclic) bond motifs is 4. The Kier molecular flexibility index (Phi) is 5.67. The maximum atomic E-state index is 10.6. The number of rotatable bonds is 3. The van der Waals surface area contributed by atoms with Crippen molar-refractivity contribution in [3.8, 4) is 23.5 Å². The second kappa shape index (κ2) is 8.91. The van der Waals surface area contributed by atoms with Crippen molar-refractivity contribution in [2.24, 2.45) is 4.99 Å². The highest BCUT2D eigenvalue weighted by Gasteiger charge is 2.30. The van der Waals surface area contributed by atoms with Crippen molar-refractivity contribution in [1.29, 1.82) is 0 Å². The van der Waals surface area contributed by atoms with E-state index in [0.29, 0.717) is 37.2 Å². The van der Waals surface area contributed by atoms with Crippen molar-refractivity contribution in [1.82, 2.24) is 15.2 Å². The molecule has 0 fully saturated rings. The van der Waals surface area contributed by atoms with Crippen molar-refractivity contribution in [2.45, 2.75) is 18.9 Å². The van der Waals surface area contributed by atoms with Crippen LogP contribution in [0.2, 0.25) is 0 Å². The molecule has 2 N–H and O–H groups in total. The van der Waals surface area contributed by atoms with Crippen molar-refractivity contribution in [2.75, 3.05) is 33.4 Å².